The van der Waals surface area contributed by atoms with Crippen molar-refractivity contribution in [2.45, 2.75) is 18.8 Å². The zero-order valence-corrected chi connectivity index (χ0v) is 14.7. The van der Waals surface area contributed by atoms with Gasteiger partial charge in [-0.25, -0.2) is 8.78 Å². The number of carbonyl (C=O) groups is 3. The Kier molecular flexibility index (Phi) is 5.67. The molecule has 6 nitrogen and oxygen atoms in total. The van der Waals surface area contributed by atoms with Crippen molar-refractivity contribution < 1.29 is 28.3 Å². The molecule has 1 aliphatic carbocycles. The third-order valence-electron chi connectivity index (χ3n) is 4.52. The zero-order valence-electron chi connectivity index (χ0n) is 14.7. The lowest BCUT2D eigenvalue weighted by molar-refractivity contribution is -0.136. The van der Waals surface area contributed by atoms with E-state index in [0.29, 0.717) is 17.7 Å². The number of amides is 2. The molecule has 2 atom stereocenters. The van der Waals surface area contributed by atoms with Gasteiger partial charge in [0.2, 0.25) is 5.91 Å². The van der Waals surface area contributed by atoms with E-state index in [-0.39, 0.29) is 30.4 Å². The summed E-state index contributed by atoms with van der Waals surface area (Å²) < 4.78 is 27.1. The first-order valence-corrected chi connectivity index (χ1v) is 8.71. The Morgan fingerprint density at radius 2 is 1.79 bits per heavy atom. The number of nitrogens with one attached hydrogen (secondary N) is 2. The highest BCUT2D eigenvalue weighted by Crippen LogP contribution is 2.48. The van der Waals surface area contributed by atoms with Crippen LogP contribution in [0.5, 0.6) is 0 Å². The molecule has 0 aromatic heterocycles. The van der Waals surface area contributed by atoms with Crippen LogP contribution < -0.4 is 10.6 Å². The van der Waals surface area contributed by atoms with Gasteiger partial charge in [-0.05, 0) is 60.4 Å². The van der Waals surface area contributed by atoms with E-state index < -0.39 is 29.4 Å². The maximum Gasteiger partial charge on any atom is 0.305 e. The topological polar surface area (TPSA) is 95.5 Å². The Morgan fingerprint density at radius 1 is 1.07 bits per heavy atom. The molecular formula is C20H18F2N2O4. The summed E-state index contributed by atoms with van der Waals surface area (Å²) in [5.74, 6) is -3.57. The van der Waals surface area contributed by atoms with Gasteiger partial charge in [-0.15, -0.1) is 0 Å². The minimum absolute atomic E-state index is 0.0202. The van der Waals surface area contributed by atoms with Crippen LogP contribution in [0, 0.1) is 17.6 Å². The second-order valence-corrected chi connectivity index (χ2v) is 6.58. The molecule has 2 aromatic rings. The average molecular weight is 388 g/mol. The third-order valence-corrected chi connectivity index (χ3v) is 4.52. The van der Waals surface area contributed by atoms with Crippen molar-refractivity contribution in [3.05, 3.63) is 65.2 Å². The number of aliphatic carboxylic acids is 1. The molecule has 28 heavy (non-hydrogen) atoms. The molecule has 1 fully saturated rings. The largest absolute Gasteiger partial charge is 0.481 e. The second kappa shape index (κ2) is 8.16. The summed E-state index contributed by atoms with van der Waals surface area (Å²) in [5.41, 5.74) is 1.00. The van der Waals surface area contributed by atoms with E-state index in [1.807, 2.05) is 0 Å². The monoisotopic (exact) mass is 388 g/mol. The number of carboxylic acids is 1. The van der Waals surface area contributed by atoms with Gasteiger partial charge < -0.3 is 15.7 Å². The van der Waals surface area contributed by atoms with Gasteiger partial charge in [0.1, 0.15) is 11.6 Å². The van der Waals surface area contributed by atoms with Crippen LogP contribution in [0.4, 0.5) is 14.5 Å². The summed E-state index contributed by atoms with van der Waals surface area (Å²) in [6.45, 7) is 0.0202. The molecule has 0 bridgehead atoms. The number of hydrogen-bond donors (Lipinski definition) is 3. The molecule has 0 spiro atoms. The van der Waals surface area contributed by atoms with Crippen LogP contribution in [0.2, 0.25) is 0 Å². The van der Waals surface area contributed by atoms with E-state index in [1.165, 1.54) is 12.1 Å². The van der Waals surface area contributed by atoms with Gasteiger partial charge in [0.25, 0.3) is 5.91 Å². The highest BCUT2D eigenvalue weighted by atomic mass is 19.1. The van der Waals surface area contributed by atoms with Crippen LogP contribution in [-0.2, 0) is 9.59 Å². The lowest BCUT2D eigenvalue weighted by atomic mass is 10.1. The Labute approximate surface area is 159 Å². The summed E-state index contributed by atoms with van der Waals surface area (Å²) in [6, 6.07) is 9.30. The van der Waals surface area contributed by atoms with E-state index in [0.717, 1.165) is 18.2 Å². The van der Waals surface area contributed by atoms with Crippen molar-refractivity contribution in [3.63, 3.8) is 0 Å². The lowest BCUT2D eigenvalue weighted by Crippen LogP contribution is -2.26. The van der Waals surface area contributed by atoms with Crippen molar-refractivity contribution in [1.29, 1.82) is 0 Å². The molecule has 0 saturated heterocycles. The van der Waals surface area contributed by atoms with Gasteiger partial charge in [-0.3, -0.25) is 14.4 Å². The summed E-state index contributed by atoms with van der Waals surface area (Å²) in [7, 11) is 0. The van der Waals surface area contributed by atoms with Crippen molar-refractivity contribution in [3.8, 4) is 0 Å². The lowest BCUT2D eigenvalue weighted by Gasteiger charge is -2.07. The van der Waals surface area contributed by atoms with Crippen molar-refractivity contribution in [1.82, 2.24) is 5.32 Å². The second-order valence-electron chi connectivity index (χ2n) is 6.58. The van der Waals surface area contributed by atoms with Crippen molar-refractivity contribution >= 4 is 23.5 Å². The van der Waals surface area contributed by atoms with Gasteiger partial charge >= 0.3 is 5.97 Å². The molecule has 1 aliphatic rings. The quantitative estimate of drug-likeness (QED) is 0.680. The first-order valence-electron chi connectivity index (χ1n) is 8.71. The van der Waals surface area contributed by atoms with Crippen LogP contribution in [0.15, 0.2) is 42.5 Å². The maximum atomic E-state index is 13.8. The van der Waals surface area contributed by atoms with Crippen LogP contribution in [0.25, 0.3) is 0 Å². The number of carboxylic acid groups (broad SMARTS) is 1. The summed E-state index contributed by atoms with van der Waals surface area (Å²) >= 11 is 0. The Bertz CT molecular complexity index is 915. The van der Waals surface area contributed by atoms with Crippen molar-refractivity contribution in [2.24, 2.45) is 5.92 Å². The number of rotatable bonds is 7. The van der Waals surface area contributed by atoms with E-state index >= 15 is 0 Å². The fourth-order valence-corrected chi connectivity index (χ4v) is 2.95. The van der Waals surface area contributed by atoms with Gasteiger partial charge in [0, 0.05) is 23.7 Å². The molecule has 3 rings (SSSR count). The number of halogens is 2. The van der Waals surface area contributed by atoms with Gasteiger partial charge in [0.05, 0.1) is 6.42 Å². The van der Waals surface area contributed by atoms with Crippen LogP contribution >= 0.6 is 0 Å². The van der Waals surface area contributed by atoms with Crippen LogP contribution in [0.1, 0.15) is 34.7 Å². The highest BCUT2D eigenvalue weighted by molar-refractivity contribution is 5.97. The van der Waals surface area contributed by atoms with E-state index in [4.69, 9.17) is 5.11 Å². The fraction of sp³-hybridized carbons (Fsp3) is 0.250. The molecule has 8 heteroatoms. The molecule has 146 valence electrons. The Morgan fingerprint density at radius 3 is 2.46 bits per heavy atom. The summed E-state index contributed by atoms with van der Waals surface area (Å²) in [4.78, 5) is 34.6. The zero-order chi connectivity index (χ0) is 20.3. The molecular weight excluding hydrogens is 370 g/mol. The molecule has 0 radical (unpaired) electrons. The van der Waals surface area contributed by atoms with E-state index in [9.17, 15) is 23.2 Å². The predicted molar refractivity (Wildman–Crippen MR) is 96.9 cm³/mol. The third kappa shape index (κ3) is 4.70. The van der Waals surface area contributed by atoms with Gasteiger partial charge in [-0.2, -0.15) is 0 Å². The normalized spacial score (nSPS) is 17.6. The number of anilines is 1. The Hall–Kier alpha value is -3.29. The minimum Gasteiger partial charge on any atom is -0.481 e. The maximum absolute atomic E-state index is 13.8. The molecule has 1 saturated carbocycles. The predicted octanol–water partition coefficient (Wildman–Crippen LogP) is 2.91. The summed E-state index contributed by atoms with van der Waals surface area (Å²) in [5, 5.41) is 13.7. The molecule has 0 heterocycles. The standard InChI is InChI=1S/C20H18F2N2O4/c21-12-3-6-17(22)15(9-12)14-10-16(14)20(28)24-13-4-1-11(2-5-13)19(27)23-8-7-18(25)26/h1-6,9,14,16H,7-8,10H2,(H,23,27)(H,24,28)(H,25,26). The molecule has 3 N–H and O–H groups in total. The number of hydrogen-bond acceptors (Lipinski definition) is 3. The SMILES string of the molecule is O=C(O)CCNC(=O)c1ccc(NC(=O)C2CC2c2cc(F)ccc2F)cc1. The molecule has 2 amide bonds. The number of benzene rings is 2. The van der Waals surface area contributed by atoms with E-state index in [1.54, 1.807) is 12.1 Å². The van der Waals surface area contributed by atoms with Crippen molar-refractivity contribution in [2.75, 3.05) is 11.9 Å². The number of carbonyl (C=O) groups excluding carboxylic acids is 2. The van der Waals surface area contributed by atoms with Crippen LogP contribution in [-0.4, -0.2) is 29.4 Å². The average Bonchev–Trinajstić information content (AvgIpc) is 3.44. The minimum atomic E-state index is -1.00. The molecule has 2 aromatic carbocycles. The summed E-state index contributed by atoms with van der Waals surface area (Å²) in [6.07, 6.45) is 0.268. The fourth-order valence-electron chi connectivity index (χ4n) is 2.95. The first kappa shape index (κ1) is 19.5. The smallest absolute Gasteiger partial charge is 0.305 e. The molecule has 2 unspecified atom stereocenters. The van der Waals surface area contributed by atoms with Gasteiger partial charge in [0.15, 0.2) is 0 Å². The van der Waals surface area contributed by atoms with Crippen LogP contribution in [0.3, 0.4) is 0 Å². The van der Waals surface area contributed by atoms with Gasteiger partial charge in [-0.1, -0.05) is 0 Å². The highest BCUT2D eigenvalue weighted by Gasteiger charge is 2.45. The van der Waals surface area contributed by atoms with E-state index in [2.05, 4.69) is 10.6 Å². The first-order chi connectivity index (χ1) is 13.3. The molecule has 0 aliphatic heterocycles. The Balaban J connectivity index is 1.54.